The molecule has 1 nitrogen and oxygen atoms in total. The lowest BCUT2D eigenvalue weighted by Crippen LogP contribution is -2.09. The fraction of sp³-hybridized carbons (Fsp3) is 0.0526. The molecule has 0 saturated heterocycles. The van der Waals surface area contributed by atoms with Gasteiger partial charge in [0.2, 0.25) is 0 Å². The van der Waals surface area contributed by atoms with E-state index in [1.807, 2.05) is 13.8 Å². The van der Waals surface area contributed by atoms with Crippen LogP contribution in [-0.2, 0) is 0 Å². The van der Waals surface area contributed by atoms with E-state index in [9.17, 15) is 0 Å². The Labute approximate surface area is 232 Å². The number of nitrogens with zero attached hydrogens (tertiary/aromatic N) is 1. The van der Waals surface area contributed by atoms with Crippen LogP contribution in [0.5, 0.6) is 0 Å². The van der Waals surface area contributed by atoms with Gasteiger partial charge in [-0.15, -0.1) is 0 Å². The highest BCUT2D eigenvalue weighted by atomic mass is 15.1. The summed E-state index contributed by atoms with van der Waals surface area (Å²) >= 11 is 0. The molecule has 0 aromatic heterocycles. The van der Waals surface area contributed by atoms with Crippen LogP contribution >= 0.6 is 0 Å². The van der Waals surface area contributed by atoms with Gasteiger partial charge < -0.3 is 4.90 Å². The number of anilines is 3. The summed E-state index contributed by atoms with van der Waals surface area (Å²) in [6, 6.07) is 58.0. The van der Waals surface area contributed by atoms with Crippen molar-refractivity contribution in [2.75, 3.05) is 4.90 Å². The molecule has 0 aliphatic carbocycles. The molecule has 0 aliphatic rings. The summed E-state index contributed by atoms with van der Waals surface area (Å²) in [4.78, 5) is 2.32. The third-order valence-electron chi connectivity index (χ3n) is 6.70. The lowest BCUT2D eigenvalue weighted by atomic mass is 10.0. The lowest BCUT2D eigenvalue weighted by molar-refractivity contribution is 1.28. The Hall–Kier alpha value is -4.88. The molecule has 0 aliphatic heterocycles. The number of rotatable bonds is 6. The van der Waals surface area contributed by atoms with Crippen molar-refractivity contribution >= 4 is 17.1 Å². The second-order valence-electron chi connectivity index (χ2n) is 9.07. The highest BCUT2D eigenvalue weighted by molar-refractivity contribution is 5.81. The van der Waals surface area contributed by atoms with E-state index in [-0.39, 0.29) is 0 Å². The van der Waals surface area contributed by atoms with Crippen molar-refractivity contribution in [1.29, 1.82) is 0 Å². The zero-order valence-corrected chi connectivity index (χ0v) is 22.5. The van der Waals surface area contributed by atoms with Gasteiger partial charge in [-0.1, -0.05) is 141 Å². The van der Waals surface area contributed by atoms with Gasteiger partial charge in [0.15, 0.2) is 0 Å². The Kier molecular flexibility index (Phi) is 8.31. The average molecular weight is 504 g/mol. The van der Waals surface area contributed by atoms with Gasteiger partial charge in [0, 0.05) is 17.1 Å². The molecule has 0 unspecified atom stereocenters. The van der Waals surface area contributed by atoms with Crippen molar-refractivity contribution in [3.05, 3.63) is 164 Å². The predicted molar refractivity (Wildman–Crippen MR) is 169 cm³/mol. The Morgan fingerprint density at radius 3 is 0.692 bits per heavy atom. The molecule has 0 amide bonds. The van der Waals surface area contributed by atoms with Crippen molar-refractivity contribution < 1.29 is 0 Å². The van der Waals surface area contributed by atoms with Crippen LogP contribution < -0.4 is 4.90 Å². The van der Waals surface area contributed by atoms with Gasteiger partial charge >= 0.3 is 0 Å². The summed E-state index contributed by atoms with van der Waals surface area (Å²) in [6.07, 6.45) is 0. The maximum Gasteiger partial charge on any atom is 0.0462 e. The maximum absolute atomic E-state index is 2.32. The summed E-state index contributed by atoms with van der Waals surface area (Å²) in [5.41, 5.74) is 10.7. The third kappa shape index (κ3) is 6.00. The average Bonchev–Trinajstić information content (AvgIpc) is 3.04. The molecule has 1 heteroatoms. The highest BCUT2D eigenvalue weighted by Crippen LogP contribution is 2.37. The van der Waals surface area contributed by atoms with Crippen LogP contribution in [0.25, 0.3) is 33.4 Å². The van der Waals surface area contributed by atoms with Crippen LogP contribution in [-0.4, -0.2) is 0 Å². The topological polar surface area (TPSA) is 3.24 Å². The maximum atomic E-state index is 2.32. The Morgan fingerprint density at radius 2 is 0.462 bits per heavy atom. The summed E-state index contributed by atoms with van der Waals surface area (Å²) < 4.78 is 0. The Morgan fingerprint density at radius 1 is 0.256 bits per heavy atom. The van der Waals surface area contributed by atoms with Crippen molar-refractivity contribution in [3.8, 4) is 33.4 Å². The van der Waals surface area contributed by atoms with Gasteiger partial charge in [-0.25, -0.2) is 0 Å². The fourth-order valence-electron chi connectivity index (χ4n) is 4.75. The van der Waals surface area contributed by atoms with Crippen LogP contribution in [0.1, 0.15) is 13.8 Å². The van der Waals surface area contributed by atoms with Crippen molar-refractivity contribution in [2.45, 2.75) is 13.8 Å². The quantitative estimate of drug-likeness (QED) is 0.218. The van der Waals surface area contributed by atoms with E-state index < -0.39 is 0 Å². The minimum Gasteiger partial charge on any atom is -0.311 e. The first kappa shape index (κ1) is 25.8. The van der Waals surface area contributed by atoms with Crippen LogP contribution in [0.15, 0.2) is 164 Å². The molecule has 0 fully saturated rings. The van der Waals surface area contributed by atoms with Gasteiger partial charge in [0.1, 0.15) is 0 Å². The van der Waals surface area contributed by atoms with E-state index in [1.165, 1.54) is 33.4 Å². The molecule has 190 valence electrons. The van der Waals surface area contributed by atoms with Crippen LogP contribution in [0.3, 0.4) is 0 Å². The van der Waals surface area contributed by atoms with Crippen molar-refractivity contribution in [3.63, 3.8) is 0 Å². The molecular weight excluding hydrogens is 470 g/mol. The fourth-order valence-corrected chi connectivity index (χ4v) is 4.75. The highest BCUT2D eigenvalue weighted by Gasteiger charge is 2.13. The molecule has 6 aromatic carbocycles. The molecular formula is C38H33N. The number of hydrogen-bond donors (Lipinski definition) is 0. The van der Waals surface area contributed by atoms with E-state index in [0.717, 1.165) is 17.1 Å². The third-order valence-corrected chi connectivity index (χ3v) is 6.70. The van der Waals surface area contributed by atoms with Crippen molar-refractivity contribution in [1.82, 2.24) is 0 Å². The molecule has 0 saturated carbocycles. The first-order valence-electron chi connectivity index (χ1n) is 13.6. The van der Waals surface area contributed by atoms with Gasteiger partial charge in [-0.05, 0) is 69.8 Å². The second-order valence-corrected chi connectivity index (χ2v) is 9.07. The van der Waals surface area contributed by atoms with Crippen LogP contribution in [0.4, 0.5) is 17.1 Å². The van der Waals surface area contributed by atoms with E-state index in [0.29, 0.717) is 0 Å². The minimum atomic E-state index is 1.12. The summed E-state index contributed by atoms with van der Waals surface area (Å²) in [5.74, 6) is 0. The number of hydrogen-bond acceptors (Lipinski definition) is 1. The van der Waals surface area contributed by atoms with Gasteiger partial charge in [0.25, 0.3) is 0 Å². The van der Waals surface area contributed by atoms with Gasteiger partial charge in [0.05, 0.1) is 0 Å². The first-order chi connectivity index (χ1) is 19.3. The van der Waals surface area contributed by atoms with Gasteiger partial charge in [-0.2, -0.15) is 0 Å². The van der Waals surface area contributed by atoms with Gasteiger partial charge in [-0.3, -0.25) is 0 Å². The SMILES string of the molecule is CC.c1ccc(-c2ccc(N(c3ccc(-c4ccccc4)cc3)c3ccc(-c4ccccc4)cc3)cc2)cc1. The largest absolute Gasteiger partial charge is 0.311 e. The van der Waals surface area contributed by atoms with E-state index in [1.54, 1.807) is 0 Å². The molecule has 6 aromatic rings. The van der Waals surface area contributed by atoms with E-state index >= 15 is 0 Å². The minimum absolute atomic E-state index is 1.12. The molecule has 6 rings (SSSR count). The standard InChI is InChI=1S/C36H27N.C2H6/c1-4-10-28(11-5-1)31-16-22-34(23-17-31)37(35-24-18-32(19-25-35)29-12-6-2-7-13-29)36-26-20-33(21-27-36)30-14-8-3-9-15-30;1-2/h1-27H;1-2H3. The molecule has 0 bridgehead atoms. The Bertz CT molecular complexity index is 1360. The monoisotopic (exact) mass is 503 g/mol. The van der Waals surface area contributed by atoms with Crippen molar-refractivity contribution in [2.24, 2.45) is 0 Å². The lowest BCUT2D eigenvalue weighted by Gasteiger charge is -2.26. The molecule has 0 N–H and O–H groups in total. The normalized spacial score (nSPS) is 10.3. The zero-order chi connectivity index (χ0) is 26.9. The molecule has 0 heterocycles. The molecule has 39 heavy (non-hydrogen) atoms. The summed E-state index contributed by atoms with van der Waals surface area (Å²) in [7, 11) is 0. The second kappa shape index (κ2) is 12.6. The Balaban J connectivity index is 0.00000151. The first-order valence-corrected chi connectivity index (χ1v) is 13.6. The smallest absolute Gasteiger partial charge is 0.0462 e. The van der Waals surface area contributed by atoms with E-state index in [4.69, 9.17) is 0 Å². The van der Waals surface area contributed by atoms with Crippen LogP contribution in [0, 0.1) is 0 Å². The van der Waals surface area contributed by atoms with Crippen LogP contribution in [0.2, 0.25) is 0 Å². The summed E-state index contributed by atoms with van der Waals surface area (Å²) in [6.45, 7) is 4.00. The molecule has 0 atom stereocenters. The van der Waals surface area contributed by atoms with E-state index in [2.05, 4.69) is 169 Å². The summed E-state index contributed by atoms with van der Waals surface area (Å²) in [5, 5.41) is 0. The number of benzene rings is 6. The molecule has 0 spiro atoms. The predicted octanol–water partition coefficient (Wildman–Crippen LogP) is 11.2. The zero-order valence-electron chi connectivity index (χ0n) is 22.5. The molecule has 0 radical (unpaired) electrons.